The van der Waals surface area contributed by atoms with Gasteiger partial charge in [-0.2, -0.15) is 0 Å². The molecule has 50 heavy (non-hydrogen) atoms. The second kappa shape index (κ2) is 15.5. The van der Waals surface area contributed by atoms with E-state index in [0.717, 1.165) is 44.9 Å². The highest BCUT2D eigenvalue weighted by molar-refractivity contribution is 5.96. The Kier molecular flexibility index (Phi) is 10.9. The second-order valence-corrected chi connectivity index (χ2v) is 13.6. The molecule has 2 saturated carbocycles. The summed E-state index contributed by atoms with van der Waals surface area (Å²) in [5.41, 5.74) is 1.95. The summed E-state index contributed by atoms with van der Waals surface area (Å²) in [4.78, 5) is 65.3. The number of carbonyl (C=O) groups excluding carboxylic acids is 3. The van der Waals surface area contributed by atoms with Crippen molar-refractivity contribution in [2.24, 2.45) is 5.92 Å². The highest BCUT2D eigenvalue weighted by atomic mass is 16.6. The highest BCUT2D eigenvalue weighted by Crippen LogP contribution is 2.45. The molecule has 3 amide bonds. The molecule has 3 fully saturated rings. The number of aliphatic carboxylic acids is 1. The van der Waals surface area contributed by atoms with Crippen molar-refractivity contribution in [2.75, 3.05) is 25.7 Å². The lowest BCUT2D eigenvalue weighted by atomic mass is 10.0. The summed E-state index contributed by atoms with van der Waals surface area (Å²) in [6.07, 6.45) is 9.73. The van der Waals surface area contributed by atoms with Gasteiger partial charge in [-0.15, -0.1) is 0 Å². The molecule has 4 N–H and O–H groups in total. The number of fused-ring (bicyclic) bond motifs is 3. The first-order valence-electron chi connectivity index (χ1n) is 17.7. The number of pyridine rings is 1. The molecule has 4 aliphatic rings. The number of hydrogen-bond donors (Lipinski definition) is 4. The Bertz CT molecular complexity index is 1610. The second-order valence-electron chi connectivity index (χ2n) is 13.6. The number of rotatable bonds is 9. The molecule has 6 rings (SSSR count). The number of carbonyl (C=O) groups is 4. The average molecular weight is 694 g/mol. The molecule has 0 radical (unpaired) electrons. The van der Waals surface area contributed by atoms with Gasteiger partial charge in [-0.1, -0.05) is 25.0 Å². The van der Waals surface area contributed by atoms with Gasteiger partial charge in [0.15, 0.2) is 5.82 Å². The van der Waals surface area contributed by atoms with Crippen molar-refractivity contribution in [3.63, 3.8) is 0 Å². The molecule has 1 aromatic carbocycles. The molecule has 5 atom stereocenters. The van der Waals surface area contributed by atoms with E-state index in [1.807, 2.05) is 25.1 Å². The first-order valence-corrected chi connectivity index (χ1v) is 17.7. The molecule has 2 unspecified atom stereocenters. The van der Waals surface area contributed by atoms with Gasteiger partial charge >= 0.3 is 12.1 Å². The number of methoxy groups -OCH3 is 1. The quantitative estimate of drug-likeness (QED) is 0.215. The molecule has 14 nitrogen and oxygen atoms in total. The number of aromatic nitrogens is 1. The van der Waals surface area contributed by atoms with Crippen LogP contribution in [0.1, 0.15) is 77.6 Å². The Balaban J connectivity index is 1.29. The molecule has 270 valence electrons. The summed E-state index contributed by atoms with van der Waals surface area (Å²) in [5, 5.41) is 16.5. The maximum absolute atomic E-state index is 14.4. The predicted molar refractivity (Wildman–Crippen MR) is 183 cm³/mol. The normalized spacial score (nSPS) is 28.0. The molecular formula is C36H47N5O9. The first-order chi connectivity index (χ1) is 24.2. The number of ether oxygens (including phenoxy) is 3. The zero-order valence-electron chi connectivity index (χ0n) is 28.7. The fourth-order valence-corrected chi connectivity index (χ4v) is 7.26. The van der Waals surface area contributed by atoms with Crippen molar-refractivity contribution >= 4 is 40.6 Å². The number of amides is 3. The first kappa shape index (κ1) is 35.2. The number of hydrogen-bond acceptors (Lipinski definition) is 10. The largest absolute Gasteiger partial charge is 0.497 e. The predicted octanol–water partition coefficient (Wildman–Crippen LogP) is 4.47. The van der Waals surface area contributed by atoms with Crippen LogP contribution in [0.15, 0.2) is 36.4 Å². The van der Waals surface area contributed by atoms with Crippen molar-refractivity contribution < 1.29 is 43.3 Å². The lowest BCUT2D eigenvalue weighted by molar-refractivity contribution is -0.145. The Hall–Kier alpha value is -4.59. The number of carboxylic acid groups (broad SMARTS) is 1. The molecule has 2 aliphatic carbocycles. The summed E-state index contributed by atoms with van der Waals surface area (Å²) in [6, 6.07) is 5.09. The van der Waals surface area contributed by atoms with Gasteiger partial charge in [0.2, 0.25) is 11.8 Å². The number of nitrogens with one attached hydrogen (secondary N) is 3. The third-order valence-corrected chi connectivity index (χ3v) is 10.1. The van der Waals surface area contributed by atoms with Gasteiger partial charge in [-0.25, -0.2) is 20.1 Å². The van der Waals surface area contributed by atoms with Gasteiger partial charge in [0.25, 0.3) is 0 Å². The topological polar surface area (TPSA) is 178 Å². The Morgan fingerprint density at radius 2 is 1.88 bits per heavy atom. The van der Waals surface area contributed by atoms with Crippen LogP contribution in [0.4, 0.5) is 10.6 Å². The average Bonchev–Trinajstić information content (AvgIpc) is 3.37. The number of nitrogens with zero attached hydrogens (tertiary/aromatic N) is 2. The fourth-order valence-electron chi connectivity index (χ4n) is 7.26. The number of anilines is 1. The van der Waals surface area contributed by atoms with Crippen molar-refractivity contribution in [3.8, 4) is 11.5 Å². The van der Waals surface area contributed by atoms with E-state index in [1.54, 1.807) is 25.3 Å². The lowest BCUT2D eigenvalue weighted by Gasteiger charge is -2.29. The maximum atomic E-state index is 14.4. The van der Waals surface area contributed by atoms with Gasteiger partial charge in [-0.3, -0.25) is 14.4 Å². The van der Waals surface area contributed by atoms with Crippen molar-refractivity contribution in [2.45, 2.75) is 107 Å². The van der Waals surface area contributed by atoms with E-state index < -0.39 is 47.6 Å². The minimum Gasteiger partial charge on any atom is -0.497 e. The number of carboxylic acids is 1. The molecule has 1 aromatic heterocycles. The number of benzene rings is 1. The van der Waals surface area contributed by atoms with E-state index in [4.69, 9.17) is 19.0 Å². The van der Waals surface area contributed by atoms with Crippen molar-refractivity contribution in [1.82, 2.24) is 20.5 Å². The van der Waals surface area contributed by atoms with E-state index >= 15 is 0 Å². The maximum Gasteiger partial charge on any atom is 0.408 e. The molecule has 2 aromatic rings. The van der Waals surface area contributed by atoms with Crippen LogP contribution in [0.2, 0.25) is 0 Å². The van der Waals surface area contributed by atoms with Crippen LogP contribution in [-0.2, 0) is 24.0 Å². The van der Waals surface area contributed by atoms with Gasteiger partial charge in [-0.05, 0) is 70.4 Å². The lowest BCUT2D eigenvalue weighted by Crippen LogP contribution is -2.56. The summed E-state index contributed by atoms with van der Waals surface area (Å²) in [5.74, 6) is -1.03. The summed E-state index contributed by atoms with van der Waals surface area (Å²) >= 11 is 0. The molecule has 2 aliphatic heterocycles. The van der Waals surface area contributed by atoms with Gasteiger partial charge in [0.1, 0.15) is 41.3 Å². The zero-order chi connectivity index (χ0) is 35.3. The minimum absolute atomic E-state index is 0.0321. The van der Waals surface area contributed by atoms with Crippen LogP contribution in [0.3, 0.4) is 0 Å². The van der Waals surface area contributed by atoms with Gasteiger partial charge in [0.05, 0.1) is 25.8 Å². The standard InChI is InChI=1S/C36H47N5O9/c1-3-48-40-31-19-30(26-16-15-24(47-2)17-28(26)37-31)49-25-18-29-32(42)39-36(34(44)45)20-22(36)11-7-5-4-6-8-14-27(33(43)41(29)21-25)38-35(46)50-23-12-9-10-13-23/h7,11,15-17,19,22-23,25,27,29H,3-6,8-10,12-14,18,20-21H2,1-2H3,(H,37,40)(H,38,46)(H,39,42)(H,44,45)/b11-7-/t22?,25-,27+,29+,36?/m1/s1. The van der Waals surface area contributed by atoms with Crippen LogP contribution in [0.5, 0.6) is 11.5 Å². The molecule has 0 spiro atoms. The SMILES string of the molecule is CCONc1cc(O[C@@H]2C[C@H]3C(=O)NC4(C(=O)O)CC4/C=C\CCCCC[C@H](NC(=O)OC4CCCC4)C(=O)N3C2)c2ccc(OC)cc2n1. The Labute approximate surface area is 291 Å². The zero-order valence-corrected chi connectivity index (χ0v) is 28.7. The highest BCUT2D eigenvalue weighted by Gasteiger charge is 2.61. The fraction of sp³-hybridized carbons (Fsp3) is 0.583. The van der Waals surface area contributed by atoms with Crippen LogP contribution in [0.25, 0.3) is 10.9 Å². The molecule has 0 bridgehead atoms. The number of allylic oxidation sites excluding steroid dienone is 1. The van der Waals surface area contributed by atoms with E-state index in [2.05, 4.69) is 21.1 Å². The molecular weight excluding hydrogens is 646 g/mol. The summed E-state index contributed by atoms with van der Waals surface area (Å²) < 4.78 is 17.6. The van der Waals surface area contributed by atoms with Gasteiger partial charge in [0, 0.05) is 29.9 Å². The van der Waals surface area contributed by atoms with Gasteiger partial charge < -0.3 is 34.9 Å². The van der Waals surface area contributed by atoms with Crippen molar-refractivity contribution in [3.05, 3.63) is 36.4 Å². The molecule has 3 heterocycles. The smallest absolute Gasteiger partial charge is 0.408 e. The van der Waals surface area contributed by atoms with Crippen LogP contribution < -0.4 is 25.6 Å². The Morgan fingerprint density at radius 1 is 1.08 bits per heavy atom. The summed E-state index contributed by atoms with van der Waals surface area (Å²) in [6.45, 7) is 2.26. The van der Waals surface area contributed by atoms with E-state index in [0.29, 0.717) is 47.7 Å². The molecule has 14 heteroatoms. The Morgan fingerprint density at radius 3 is 2.64 bits per heavy atom. The van der Waals surface area contributed by atoms with E-state index in [-0.39, 0.29) is 31.4 Å². The van der Waals surface area contributed by atoms with Crippen LogP contribution in [0, 0.1) is 5.92 Å². The van der Waals surface area contributed by atoms with Crippen molar-refractivity contribution in [1.29, 1.82) is 0 Å². The summed E-state index contributed by atoms with van der Waals surface area (Å²) in [7, 11) is 1.56. The molecule has 1 saturated heterocycles. The minimum atomic E-state index is -1.44. The van der Waals surface area contributed by atoms with E-state index in [1.165, 1.54) is 4.90 Å². The third kappa shape index (κ3) is 7.90. The third-order valence-electron chi connectivity index (χ3n) is 10.1. The van der Waals surface area contributed by atoms with Crippen LogP contribution in [-0.4, -0.2) is 89.0 Å². The van der Waals surface area contributed by atoms with Crippen LogP contribution >= 0.6 is 0 Å². The monoisotopic (exact) mass is 693 g/mol. The number of alkyl carbamates (subject to hydrolysis) is 1. The van der Waals surface area contributed by atoms with E-state index in [9.17, 15) is 24.3 Å².